The van der Waals surface area contributed by atoms with Gasteiger partial charge in [0.25, 0.3) is 0 Å². The Morgan fingerprint density at radius 3 is 2.63 bits per heavy atom. The first-order valence-electron chi connectivity index (χ1n) is 8.54. The molecule has 11 heteroatoms. The van der Waals surface area contributed by atoms with Crippen molar-refractivity contribution in [1.82, 2.24) is 14.9 Å². The Kier molecular flexibility index (Phi) is 7.33. The summed E-state index contributed by atoms with van der Waals surface area (Å²) in [5.41, 5.74) is -0.122. The maximum Gasteiger partial charge on any atom is 0.490 e. The van der Waals surface area contributed by atoms with Crippen LogP contribution >= 0.6 is 0 Å². The number of ether oxygens (including phenoxy) is 1. The van der Waals surface area contributed by atoms with Crippen molar-refractivity contribution in [2.24, 2.45) is 0 Å². The van der Waals surface area contributed by atoms with Crippen molar-refractivity contribution in [3.63, 3.8) is 0 Å². The average molecular weight is 392 g/mol. The molecular formula is C16H23F3N4O4. The van der Waals surface area contributed by atoms with Gasteiger partial charge >= 0.3 is 12.1 Å². The number of hydrogen-bond acceptors (Lipinski definition) is 7. The molecule has 27 heavy (non-hydrogen) atoms. The lowest BCUT2D eigenvalue weighted by atomic mass is 9.90. The fourth-order valence-corrected chi connectivity index (χ4v) is 3.25. The number of aromatic nitrogens is 2. The van der Waals surface area contributed by atoms with E-state index in [9.17, 15) is 13.2 Å². The van der Waals surface area contributed by atoms with Gasteiger partial charge in [0.1, 0.15) is 5.82 Å². The van der Waals surface area contributed by atoms with Gasteiger partial charge < -0.3 is 19.8 Å². The number of carbonyl (C=O) groups is 1. The van der Waals surface area contributed by atoms with Crippen LogP contribution in [0, 0.1) is 0 Å². The minimum Gasteiger partial charge on any atom is -0.475 e. The van der Waals surface area contributed by atoms with Gasteiger partial charge in [-0.2, -0.15) is 13.2 Å². The van der Waals surface area contributed by atoms with Gasteiger partial charge in [0.15, 0.2) is 0 Å². The summed E-state index contributed by atoms with van der Waals surface area (Å²) < 4.78 is 37.9. The van der Waals surface area contributed by atoms with E-state index in [1.165, 1.54) is 0 Å². The fourth-order valence-electron chi connectivity index (χ4n) is 3.25. The topological polar surface area (TPSA) is 99.0 Å². The molecule has 1 aromatic rings. The molecule has 0 bridgehead atoms. The minimum atomic E-state index is -5.08. The maximum absolute atomic E-state index is 10.6. The number of aliphatic hydroxyl groups excluding tert-OH is 1. The van der Waals surface area contributed by atoms with Gasteiger partial charge in [-0.15, -0.1) is 0 Å². The van der Waals surface area contributed by atoms with E-state index in [1.807, 2.05) is 6.20 Å². The summed E-state index contributed by atoms with van der Waals surface area (Å²) in [6, 6.07) is 0. The quantitative estimate of drug-likeness (QED) is 0.779. The van der Waals surface area contributed by atoms with Crippen molar-refractivity contribution in [2.45, 2.75) is 24.6 Å². The van der Waals surface area contributed by atoms with E-state index >= 15 is 0 Å². The van der Waals surface area contributed by atoms with Gasteiger partial charge in [0, 0.05) is 45.1 Å². The lowest BCUT2D eigenvalue weighted by Gasteiger charge is -2.48. The molecule has 3 rings (SSSR count). The molecule has 0 aromatic carbocycles. The number of anilines is 1. The highest BCUT2D eigenvalue weighted by molar-refractivity contribution is 5.73. The van der Waals surface area contributed by atoms with Crippen molar-refractivity contribution in [3.8, 4) is 0 Å². The Bertz CT molecular complexity index is 599. The summed E-state index contributed by atoms with van der Waals surface area (Å²) in [6.07, 6.45) is 2.34. The van der Waals surface area contributed by atoms with Crippen LogP contribution in [0.4, 0.5) is 19.0 Å². The number of alkyl halides is 3. The molecule has 0 radical (unpaired) electrons. The molecule has 2 N–H and O–H groups in total. The number of morpholine rings is 1. The largest absolute Gasteiger partial charge is 0.490 e. The van der Waals surface area contributed by atoms with E-state index < -0.39 is 12.1 Å². The predicted octanol–water partition coefficient (Wildman–Crippen LogP) is 0.773. The molecule has 152 valence electrons. The summed E-state index contributed by atoms with van der Waals surface area (Å²) in [5.74, 6) is -1.83. The third kappa shape index (κ3) is 6.29. The molecule has 1 atom stereocenters. The van der Waals surface area contributed by atoms with Crippen molar-refractivity contribution >= 4 is 11.8 Å². The average Bonchev–Trinajstić information content (AvgIpc) is 2.63. The van der Waals surface area contributed by atoms with Crippen molar-refractivity contribution in [3.05, 3.63) is 18.6 Å². The Morgan fingerprint density at radius 1 is 1.30 bits per heavy atom. The first-order valence-corrected chi connectivity index (χ1v) is 8.54. The van der Waals surface area contributed by atoms with Gasteiger partial charge in [0.2, 0.25) is 0 Å². The van der Waals surface area contributed by atoms with Crippen LogP contribution < -0.4 is 4.90 Å². The van der Waals surface area contributed by atoms with Crippen LogP contribution in [-0.4, -0.2) is 88.8 Å². The third-order valence-corrected chi connectivity index (χ3v) is 4.40. The Balaban J connectivity index is 0.000000321. The number of aliphatic hydroxyl groups is 1. The van der Waals surface area contributed by atoms with Gasteiger partial charge in [-0.25, -0.2) is 9.78 Å². The van der Waals surface area contributed by atoms with Gasteiger partial charge in [0.05, 0.1) is 25.0 Å². The Labute approximate surface area is 154 Å². The molecule has 1 aromatic heterocycles. The zero-order valence-corrected chi connectivity index (χ0v) is 14.7. The summed E-state index contributed by atoms with van der Waals surface area (Å²) in [5, 5.41) is 16.2. The fraction of sp³-hybridized carbons (Fsp3) is 0.688. The second-order valence-electron chi connectivity index (χ2n) is 6.42. The number of rotatable bonds is 3. The molecule has 2 saturated heterocycles. The highest BCUT2D eigenvalue weighted by atomic mass is 19.4. The molecule has 2 aliphatic rings. The molecule has 8 nitrogen and oxygen atoms in total. The molecule has 2 aliphatic heterocycles. The number of β-amino-alcohol motifs (C(OH)–C–C–N with tert-alkyl or cyclic N) is 1. The standard InChI is InChI=1S/C14H22N4O2.C2HF3O2/c19-8-6-17-7-9-20-14(11-17)2-1-5-18(12-14)13-10-15-3-4-16-13;3-2(4,5)1(6)7/h3-4,10,19H,1-2,5-9,11-12H2;(H,6,7). The van der Waals surface area contributed by atoms with Gasteiger partial charge in [-0.3, -0.25) is 9.88 Å². The maximum atomic E-state index is 10.6. The number of nitrogens with zero attached hydrogens (tertiary/aromatic N) is 4. The molecular weight excluding hydrogens is 369 g/mol. The highest BCUT2D eigenvalue weighted by Gasteiger charge is 2.40. The zero-order valence-electron chi connectivity index (χ0n) is 14.7. The second kappa shape index (κ2) is 9.29. The van der Waals surface area contributed by atoms with Crippen LogP contribution in [0.3, 0.4) is 0 Å². The van der Waals surface area contributed by atoms with E-state index in [1.54, 1.807) is 12.4 Å². The Hall–Kier alpha value is -1.98. The molecule has 2 fully saturated rings. The van der Waals surface area contributed by atoms with Gasteiger partial charge in [-0.1, -0.05) is 0 Å². The van der Waals surface area contributed by atoms with Crippen LogP contribution in [-0.2, 0) is 9.53 Å². The van der Waals surface area contributed by atoms with E-state index in [4.69, 9.17) is 19.7 Å². The van der Waals surface area contributed by atoms with Crippen molar-refractivity contribution in [1.29, 1.82) is 0 Å². The third-order valence-electron chi connectivity index (χ3n) is 4.40. The molecule has 0 saturated carbocycles. The van der Waals surface area contributed by atoms with Crippen LogP contribution in [0.25, 0.3) is 0 Å². The number of hydrogen-bond donors (Lipinski definition) is 2. The summed E-state index contributed by atoms with van der Waals surface area (Å²) >= 11 is 0. The number of halogens is 3. The molecule has 1 spiro atoms. The van der Waals surface area contributed by atoms with E-state index in [-0.39, 0.29) is 12.2 Å². The number of carboxylic acids is 1. The van der Waals surface area contributed by atoms with Crippen LogP contribution in [0.5, 0.6) is 0 Å². The van der Waals surface area contributed by atoms with Crippen molar-refractivity contribution in [2.75, 3.05) is 50.8 Å². The SMILES string of the molecule is O=C(O)C(F)(F)F.OCCN1CCOC2(CCCN(c3cnccn3)C2)C1. The summed E-state index contributed by atoms with van der Waals surface area (Å²) in [7, 11) is 0. The first-order chi connectivity index (χ1) is 12.8. The molecule has 1 unspecified atom stereocenters. The smallest absolute Gasteiger partial charge is 0.475 e. The number of carboxylic acid groups (broad SMARTS) is 1. The number of piperidine rings is 1. The molecule has 0 amide bonds. The lowest BCUT2D eigenvalue weighted by molar-refractivity contribution is -0.192. The van der Waals surface area contributed by atoms with Gasteiger partial charge in [-0.05, 0) is 12.8 Å². The normalized spacial score (nSPS) is 23.6. The first kappa shape index (κ1) is 21.3. The van der Waals surface area contributed by atoms with Crippen molar-refractivity contribution < 1.29 is 32.9 Å². The van der Waals surface area contributed by atoms with E-state index in [0.29, 0.717) is 0 Å². The van der Waals surface area contributed by atoms with Crippen LogP contribution in [0.15, 0.2) is 18.6 Å². The molecule has 3 heterocycles. The van der Waals surface area contributed by atoms with E-state index in [2.05, 4.69) is 19.8 Å². The summed E-state index contributed by atoms with van der Waals surface area (Å²) in [6.45, 7) is 5.35. The predicted molar refractivity (Wildman–Crippen MR) is 89.4 cm³/mol. The van der Waals surface area contributed by atoms with E-state index in [0.717, 1.165) is 58.0 Å². The summed E-state index contributed by atoms with van der Waals surface area (Å²) in [4.78, 5) is 22.0. The minimum absolute atomic E-state index is 0.122. The second-order valence-corrected chi connectivity index (χ2v) is 6.42. The number of aliphatic carboxylic acids is 1. The lowest BCUT2D eigenvalue weighted by Crippen LogP contribution is -2.60. The molecule has 0 aliphatic carbocycles. The monoisotopic (exact) mass is 392 g/mol. The Morgan fingerprint density at radius 2 is 2.04 bits per heavy atom. The zero-order chi connectivity index (χ0) is 19.9. The highest BCUT2D eigenvalue weighted by Crippen LogP contribution is 2.30. The van der Waals surface area contributed by atoms with Crippen LogP contribution in [0.1, 0.15) is 12.8 Å². The van der Waals surface area contributed by atoms with Crippen LogP contribution in [0.2, 0.25) is 0 Å².